The lowest BCUT2D eigenvalue weighted by atomic mass is 10.1. The predicted molar refractivity (Wildman–Crippen MR) is 131 cm³/mol. The van der Waals surface area contributed by atoms with E-state index in [0.717, 1.165) is 45.2 Å². The fraction of sp³-hybridized carbons (Fsp3) is 0.231. The molecule has 0 bridgehead atoms. The third kappa shape index (κ3) is 4.98. The molecule has 0 saturated heterocycles. The van der Waals surface area contributed by atoms with Crippen LogP contribution in [0.2, 0.25) is 0 Å². The number of benzene rings is 2. The lowest BCUT2D eigenvalue weighted by Gasteiger charge is -2.13. The van der Waals surface area contributed by atoms with Gasteiger partial charge in [0, 0.05) is 25.0 Å². The second-order valence-electron chi connectivity index (χ2n) is 8.14. The largest absolute Gasteiger partial charge is 0.457 e. The number of fused-ring (bicyclic) bond motifs is 1. The van der Waals surface area contributed by atoms with Gasteiger partial charge in [-0.3, -0.25) is 0 Å². The maximum absolute atomic E-state index is 6.17. The summed E-state index contributed by atoms with van der Waals surface area (Å²) in [5.41, 5.74) is 10.7. The van der Waals surface area contributed by atoms with E-state index in [0.29, 0.717) is 19.0 Å². The van der Waals surface area contributed by atoms with Crippen LogP contribution < -0.4 is 15.8 Å². The van der Waals surface area contributed by atoms with Crippen molar-refractivity contribution in [2.45, 2.75) is 27.3 Å². The zero-order chi connectivity index (χ0) is 22.5. The lowest BCUT2D eigenvalue weighted by Crippen LogP contribution is -2.10. The third-order valence-electron chi connectivity index (χ3n) is 5.12. The number of nitrogens with zero attached hydrogens (tertiary/aromatic N) is 3. The van der Waals surface area contributed by atoms with Crippen LogP contribution in [0.5, 0.6) is 11.5 Å². The minimum atomic E-state index is 0.510. The van der Waals surface area contributed by atoms with Crippen LogP contribution in [0.3, 0.4) is 0 Å². The Morgan fingerprint density at radius 2 is 2.00 bits per heavy atom. The van der Waals surface area contributed by atoms with Crippen molar-refractivity contribution in [3.05, 3.63) is 78.3 Å². The number of allylic oxidation sites excluding steroid dienone is 1. The first-order valence-corrected chi connectivity index (χ1v) is 10.9. The molecular weight excluding hydrogens is 398 g/mol. The molecule has 0 aliphatic heterocycles. The van der Waals surface area contributed by atoms with Gasteiger partial charge in [-0.15, -0.1) is 0 Å². The summed E-state index contributed by atoms with van der Waals surface area (Å²) in [5, 5.41) is 3.42. The Hall–Kier alpha value is -3.64. The first-order chi connectivity index (χ1) is 15.5. The quantitative estimate of drug-likeness (QED) is 0.366. The molecule has 0 atom stereocenters. The summed E-state index contributed by atoms with van der Waals surface area (Å²) in [6, 6.07) is 16.1. The highest BCUT2D eigenvalue weighted by molar-refractivity contribution is 5.88. The van der Waals surface area contributed by atoms with E-state index in [9.17, 15) is 0 Å². The van der Waals surface area contributed by atoms with Gasteiger partial charge in [0.2, 0.25) is 0 Å². The first-order valence-electron chi connectivity index (χ1n) is 10.9. The van der Waals surface area contributed by atoms with Crippen molar-refractivity contribution in [2.75, 3.05) is 11.9 Å². The Morgan fingerprint density at radius 1 is 1.12 bits per heavy atom. The molecular formula is C26H29N5O. The monoisotopic (exact) mass is 427 g/mol. The number of ether oxygens (including phenoxy) is 1. The second-order valence-corrected chi connectivity index (χ2v) is 8.14. The summed E-state index contributed by atoms with van der Waals surface area (Å²) in [7, 11) is 0. The molecule has 0 saturated carbocycles. The van der Waals surface area contributed by atoms with Crippen LogP contribution >= 0.6 is 0 Å². The molecule has 2 heterocycles. The molecule has 2 aromatic carbocycles. The fourth-order valence-electron chi connectivity index (χ4n) is 3.54. The van der Waals surface area contributed by atoms with Gasteiger partial charge in [-0.25, -0.2) is 9.97 Å². The topological polar surface area (TPSA) is 78.0 Å². The molecule has 164 valence electrons. The van der Waals surface area contributed by atoms with Gasteiger partial charge in [-0.2, -0.15) is 0 Å². The Bertz CT molecular complexity index is 1240. The van der Waals surface area contributed by atoms with Crippen LogP contribution in [-0.2, 0) is 6.54 Å². The van der Waals surface area contributed by atoms with E-state index in [1.54, 1.807) is 6.33 Å². The number of aromatic nitrogens is 3. The van der Waals surface area contributed by atoms with E-state index in [1.165, 1.54) is 0 Å². The van der Waals surface area contributed by atoms with Crippen molar-refractivity contribution in [3.8, 4) is 11.5 Å². The van der Waals surface area contributed by atoms with Crippen LogP contribution in [0.4, 0.5) is 11.5 Å². The summed E-state index contributed by atoms with van der Waals surface area (Å²) in [6.45, 7) is 7.63. The second kappa shape index (κ2) is 9.66. The molecule has 0 amide bonds. The van der Waals surface area contributed by atoms with Gasteiger partial charge >= 0.3 is 0 Å². The van der Waals surface area contributed by atoms with Crippen LogP contribution in [-0.4, -0.2) is 21.1 Å². The normalized spacial score (nSPS) is 11.5. The highest BCUT2D eigenvalue weighted by Gasteiger charge is 2.10. The molecule has 0 aliphatic carbocycles. The van der Waals surface area contributed by atoms with Crippen molar-refractivity contribution in [2.24, 2.45) is 11.7 Å². The van der Waals surface area contributed by atoms with E-state index in [-0.39, 0.29) is 0 Å². The molecule has 0 fully saturated rings. The van der Waals surface area contributed by atoms with E-state index in [4.69, 9.17) is 10.5 Å². The van der Waals surface area contributed by atoms with Crippen molar-refractivity contribution < 1.29 is 4.74 Å². The number of nitrogens with two attached hydrogens (primary N) is 1. The molecule has 3 N–H and O–H groups in total. The summed E-state index contributed by atoms with van der Waals surface area (Å²) in [6.07, 6.45) is 7.87. The maximum Gasteiger partial charge on any atom is 0.158 e. The minimum absolute atomic E-state index is 0.510. The van der Waals surface area contributed by atoms with Gasteiger partial charge in [-0.05, 0) is 60.4 Å². The Balaban J connectivity index is 1.54. The van der Waals surface area contributed by atoms with Crippen LogP contribution in [0.15, 0.2) is 67.1 Å². The molecule has 4 rings (SSSR count). The molecule has 0 aliphatic rings. The van der Waals surface area contributed by atoms with Gasteiger partial charge in [0.1, 0.15) is 23.3 Å². The summed E-state index contributed by atoms with van der Waals surface area (Å²) < 4.78 is 8.24. The number of anilines is 2. The molecule has 32 heavy (non-hydrogen) atoms. The molecule has 2 aromatic heterocycles. The smallest absolute Gasteiger partial charge is 0.158 e. The minimum Gasteiger partial charge on any atom is -0.457 e. The molecule has 0 spiro atoms. The van der Waals surface area contributed by atoms with Crippen LogP contribution in [0.25, 0.3) is 17.1 Å². The Kier molecular flexibility index (Phi) is 6.52. The molecule has 6 nitrogen and oxygen atoms in total. The molecule has 6 heteroatoms. The van der Waals surface area contributed by atoms with E-state index < -0.39 is 0 Å². The van der Waals surface area contributed by atoms with Gasteiger partial charge in [-0.1, -0.05) is 38.1 Å². The SMILES string of the molecule is Cc1cc(Nc2ncnc3ccn(CCN)c23)ccc1Oc1cccc(/C=C/C(C)C)c1. The molecule has 0 radical (unpaired) electrons. The highest BCUT2D eigenvalue weighted by Crippen LogP contribution is 2.30. The van der Waals surface area contributed by atoms with E-state index in [1.807, 2.05) is 49.5 Å². The van der Waals surface area contributed by atoms with Crippen molar-refractivity contribution in [1.82, 2.24) is 14.5 Å². The zero-order valence-corrected chi connectivity index (χ0v) is 18.7. The maximum atomic E-state index is 6.17. The summed E-state index contributed by atoms with van der Waals surface area (Å²) in [5.74, 6) is 2.90. The number of aryl methyl sites for hydroxylation is 1. The highest BCUT2D eigenvalue weighted by atomic mass is 16.5. The first kappa shape index (κ1) is 21.6. The standard InChI is InChI=1S/C26H29N5O/c1-18(2)7-8-20-5-4-6-22(16-20)32-24-10-9-21(15-19(24)3)30-26-25-23(28-17-29-26)11-13-31(25)14-12-27/h4-11,13,15-18H,12,14,27H2,1-3H3,(H,28,29,30)/b8-7+. The summed E-state index contributed by atoms with van der Waals surface area (Å²) in [4.78, 5) is 8.81. The number of hydrogen-bond acceptors (Lipinski definition) is 5. The van der Waals surface area contributed by atoms with Gasteiger partial charge < -0.3 is 20.4 Å². The fourth-order valence-corrected chi connectivity index (χ4v) is 3.54. The molecule has 0 unspecified atom stereocenters. The predicted octanol–water partition coefficient (Wildman–Crippen LogP) is 5.90. The van der Waals surface area contributed by atoms with Crippen LogP contribution in [0.1, 0.15) is 25.0 Å². The average Bonchev–Trinajstić information content (AvgIpc) is 3.19. The van der Waals surface area contributed by atoms with E-state index in [2.05, 4.69) is 58.0 Å². The Labute approximate surface area is 188 Å². The van der Waals surface area contributed by atoms with Crippen molar-refractivity contribution >= 4 is 28.6 Å². The van der Waals surface area contributed by atoms with Gasteiger partial charge in [0.05, 0.1) is 5.52 Å². The van der Waals surface area contributed by atoms with E-state index >= 15 is 0 Å². The van der Waals surface area contributed by atoms with Crippen LogP contribution in [0, 0.1) is 12.8 Å². The number of nitrogens with one attached hydrogen (secondary N) is 1. The van der Waals surface area contributed by atoms with Gasteiger partial charge in [0.15, 0.2) is 5.82 Å². The summed E-state index contributed by atoms with van der Waals surface area (Å²) >= 11 is 0. The molecule has 4 aromatic rings. The zero-order valence-electron chi connectivity index (χ0n) is 18.7. The average molecular weight is 428 g/mol. The lowest BCUT2D eigenvalue weighted by molar-refractivity contribution is 0.479. The Morgan fingerprint density at radius 3 is 2.78 bits per heavy atom. The number of hydrogen-bond donors (Lipinski definition) is 2. The van der Waals surface area contributed by atoms with Gasteiger partial charge in [0.25, 0.3) is 0 Å². The van der Waals surface area contributed by atoms with Crippen molar-refractivity contribution in [1.29, 1.82) is 0 Å². The van der Waals surface area contributed by atoms with Crippen molar-refractivity contribution in [3.63, 3.8) is 0 Å². The number of rotatable bonds is 8. The third-order valence-corrected chi connectivity index (χ3v) is 5.12.